The quantitative estimate of drug-likeness (QED) is 0.309. The van der Waals surface area contributed by atoms with Crippen molar-refractivity contribution in [2.24, 2.45) is 0 Å². The van der Waals surface area contributed by atoms with Crippen LogP contribution in [-0.4, -0.2) is 0 Å². The van der Waals surface area contributed by atoms with Gasteiger partial charge in [-0.1, -0.05) is 0 Å². The van der Waals surface area contributed by atoms with Crippen LogP contribution in [-0.2, 0) is 0 Å². The molecule has 0 spiro atoms. The van der Waals surface area contributed by atoms with Gasteiger partial charge in [0.05, 0.1) is 0 Å². The van der Waals surface area contributed by atoms with Gasteiger partial charge in [-0.25, -0.2) is 26.3 Å². The van der Waals surface area contributed by atoms with Gasteiger partial charge in [0.1, 0.15) is 11.7 Å². The molecule has 0 unspecified atom stereocenters. The van der Waals surface area contributed by atoms with Gasteiger partial charge in [-0.2, -0.15) is 0 Å². The van der Waals surface area contributed by atoms with E-state index in [1.165, 1.54) is 0 Å². The molecule has 0 saturated heterocycles. The number of hydrogen-bond donors (Lipinski definition) is 0. The highest BCUT2D eigenvalue weighted by Gasteiger charge is 2.19. The van der Waals surface area contributed by atoms with Crippen molar-refractivity contribution in [1.29, 1.82) is 0 Å². The number of rotatable bonds is 0. The van der Waals surface area contributed by atoms with E-state index in [1.807, 2.05) is 13.8 Å². The van der Waals surface area contributed by atoms with Crippen LogP contribution < -0.4 is 0 Å². The van der Waals surface area contributed by atoms with Gasteiger partial charge < -0.3 is 0 Å². The van der Waals surface area contributed by atoms with Crippen molar-refractivity contribution in [3.8, 4) is 11.8 Å². The molecule has 0 aromatic heterocycles. The van der Waals surface area contributed by atoms with Crippen LogP contribution in [0.15, 0.2) is 11.7 Å². The van der Waals surface area contributed by atoms with Gasteiger partial charge in [-0.15, -0.1) is 11.8 Å². The minimum atomic E-state index is -1.33. The fraction of sp³-hybridized carbons (Fsp3) is 0.375. The molecule has 0 amide bonds. The third kappa shape index (κ3) is 7.21. The molecule has 0 aliphatic heterocycles. The summed E-state index contributed by atoms with van der Waals surface area (Å²) in [5, 5.41) is 0. The topological polar surface area (TPSA) is 0 Å². The van der Waals surface area contributed by atoms with E-state index in [4.69, 9.17) is 0 Å². The molecule has 0 saturated carbocycles. The Morgan fingerprint density at radius 1 is 0.636 bits per heavy atom. The zero-order valence-corrected chi connectivity index (χ0v) is 13.3. The van der Waals surface area contributed by atoms with E-state index in [9.17, 15) is 26.3 Å². The van der Waals surface area contributed by atoms with Gasteiger partial charge in [0.25, 0.3) is 0 Å². The minimum Gasteiger partial charge on any atom is -0.209 e. The lowest BCUT2D eigenvalue weighted by molar-refractivity contribution is 0.436. The molecule has 0 N–H and O–H groups in total. The average molecular weight is 324 g/mol. The Morgan fingerprint density at radius 3 is 0.909 bits per heavy atom. The van der Waals surface area contributed by atoms with Crippen LogP contribution in [0.3, 0.4) is 0 Å². The average Bonchev–Trinajstić information content (AvgIpc) is 2.49. The van der Waals surface area contributed by atoms with Gasteiger partial charge in [0, 0.05) is 11.1 Å². The van der Waals surface area contributed by atoms with E-state index in [-0.39, 0.29) is 0 Å². The Hall–Kier alpha value is -1.90. The lowest BCUT2D eigenvalue weighted by atomic mass is 10.1. The van der Waals surface area contributed by atoms with E-state index in [1.54, 1.807) is 0 Å². The highest BCUT2D eigenvalue weighted by Crippen LogP contribution is 2.22. The Balaban J connectivity index is 0. The van der Waals surface area contributed by atoms with Crippen molar-refractivity contribution in [3.05, 3.63) is 46.0 Å². The second-order valence-electron chi connectivity index (χ2n) is 4.07. The smallest absolute Gasteiger partial charge is 0.165 e. The molecule has 1 aromatic rings. The Labute approximate surface area is 126 Å². The van der Waals surface area contributed by atoms with Crippen molar-refractivity contribution >= 4 is 0 Å². The van der Waals surface area contributed by atoms with Gasteiger partial charge in [0.15, 0.2) is 23.3 Å². The molecule has 0 nitrogen and oxygen atoms in total. The zero-order chi connectivity index (χ0) is 18.0. The first-order chi connectivity index (χ1) is 10.0. The third-order valence-electron chi connectivity index (χ3n) is 2.43. The molecule has 1 rings (SSSR count). The lowest BCUT2D eigenvalue weighted by Crippen LogP contribution is -2.02. The molecular formula is C16H18F6. The Morgan fingerprint density at radius 2 is 0.818 bits per heavy atom. The number of hydrogen-bond acceptors (Lipinski definition) is 0. The normalized spacial score (nSPS) is 10.2. The Bertz CT molecular complexity index is 462. The van der Waals surface area contributed by atoms with Gasteiger partial charge >= 0.3 is 0 Å². The largest absolute Gasteiger partial charge is 0.209 e. The number of halogens is 6. The summed E-state index contributed by atoms with van der Waals surface area (Å²) in [6, 6.07) is 0. The molecule has 0 heterocycles. The first-order valence-corrected chi connectivity index (χ1v) is 6.13. The number of allylic oxidation sites excluding steroid dienone is 2. The van der Waals surface area contributed by atoms with Crippen LogP contribution in [0.25, 0.3) is 0 Å². The maximum Gasteiger partial charge on any atom is 0.165 e. The van der Waals surface area contributed by atoms with E-state index >= 15 is 0 Å². The number of benzene rings is 1. The minimum absolute atomic E-state index is 0.629. The highest BCUT2D eigenvalue weighted by atomic mass is 19.2. The van der Waals surface area contributed by atoms with Crippen LogP contribution in [0.4, 0.5) is 26.3 Å². The van der Waals surface area contributed by atoms with E-state index in [0.717, 1.165) is 27.7 Å². The maximum atomic E-state index is 12.7. The molecule has 0 aliphatic carbocycles. The second kappa shape index (κ2) is 10.8. The second-order valence-corrected chi connectivity index (χ2v) is 4.07. The molecule has 0 aliphatic rings. The van der Waals surface area contributed by atoms with E-state index < -0.39 is 46.0 Å². The van der Waals surface area contributed by atoms with Crippen molar-refractivity contribution in [1.82, 2.24) is 0 Å². The Kier molecular flexibility index (Phi) is 11.0. The first kappa shape index (κ1) is 22.4. The van der Waals surface area contributed by atoms with Crippen LogP contribution in [0.2, 0.25) is 0 Å². The summed E-state index contributed by atoms with van der Waals surface area (Å²) in [6.45, 7) is 7.76. The zero-order valence-electron chi connectivity index (χ0n) is 13.3. The standard InChI is InChI=1S/C8H6F4.C4H6F2.C4H6/c1-3-5(9)7(11)4(2)8(12)6(3)10;1-3(5)4(2)6;1-3-4-2/h1-2H3;1-2H3;1-2H3/b;4-3-;. The van der Waals surface area contributed by atoms with Crippen LogP contribution in [0.5, 0.6) is 0 Å². The molecule has 0 bridgehead atoms. The molecule has 6 heteroatoms. The van der Waals surface area contributed by atoms with Crippen molar-refractivity contribution in [2.45, 2.75) is 41.5 Å². The summed E-state index contributed by atoms with van der Waals surface area (Å²) in [5.41, 5.74) is -1.26. The van der Waals surface area contributed by atoms with Crippen molar-refractivity contribution in [2.75, 3.05) is 0 Å². The SMILES string of the molecule is C/C(F)=C(\C)F.CC#CC.Cc1c(F)c(F)c(C)c(F)c1F. The van der Waals surface area contributed by atoms with Crippen LogP contribution in [0, 0.1) is 49.0 Å². The lowest BCUT2D eigenvalue weighted by Gasteiger charge is -2.04. The van der Waals surface area contributed by atoms with Crippen LogP contribution >= 0.6 is 0 Å². The molecular weight excluding hydrogens is 306 g/mol. The summed E-state index contributed by atoms with van der Waals surface area (Å²) in [6.07, 6.45) is 0. The molecule has 1 aromatic carbocycles. The predicted octanol–water partition coefficient (Wildman–Crippen LogP) is 6.07. The van der Waals surface area contributed by atoms with Gasteiger partial charge in [-0.05, 0) is 41.5 Å². The highest BCUT2D eigenvalue weighted by molar-refractivity contribution is 5.27. The monoisotopic (exact) mass is 324 g/mol. The molecule has 22 heavy (non-hydrogen) atoms. The van der Waals surface area contributed by atoms with Crippen molar-refractivity contribution in [3.63, 3.8) is 0 Å². The fourth-order valence-electron chi connectivity index (χ4n) is 0.851. The summed E-state index contributed by atoms with van der Waals surface area (Å²) in [7, 11) is 0. The summed E-state index contributed by atoms with van der Waals surface area (Å²) in [5.74, 6) is -1.43. The first-order valence-electron chi connectivity index (χ1n) is 6.13. The fourth-order valence-corrected chi connectivity index (χ4v) is 0.851. The predicted molar refractivity (Wildman–Crippen MR) is 75.5 cm³/mol. The van der Waals surface area contributed by atoms with Gasteiger partial charge in [0.2, 0.25) is 0 Å². The summed E-state index contributed by atoms with van der Waals surface area (Å²) >= 11 is 0. The molecule has 0 fully saturated rings. The third-order valence-corrected chi connectivity index (χ3v) is 2.43. The van der Waals surface area contributed by atoms with Crippen molar-refractivity contribution < 1.29 is 26.3 Å². The molecule has 124 valence electrons. The van der Waals surface area contributed by atoms with E-state index in [2.05, 4.69) is 11.8 Å². The summed E-state index contributed by atoms with van der Waals surface area (Å²) < 4.78 is 73.3. The van der Waals surface area contributed by atoms with E-state index in [0.29, 0.717) is 0 Å². The maximum absolute atomic E-state index is 12.7. The van der Waals surface area contributed by atoms with Gasteiger partial charge in [-0.3, -0.25) is 0 Å². The molecule has 0 atom stereocenters. The summed E-state index contributed by atoms with van der Waals surface area (Å²) in [4.78, 5) is 0. The molecule has 0 radical (unpaired) electrons. The van der Waals surface area contributed by atoms with Crippen LogP contribution in [0.1, 0.15) is 38.8 Å².